The van der Waals surface area contributed by atoms with Crippen LogP contribution in [-0.4, -0.2) is 57.6 Å². The number of hydrogen-bond acceptors (Lipinski definition) is 7. The second kappa shape index (κ2) is 15.0. The first-order valence-electron chi connectivity index (χ1n) is 18.1. The van der Waals surface area contributed by atoms with E-state index in [1.807, 2.05) is 97.1 Å². The monoisotopic (exact) mass is 728 g/mol. The molecule has 0 spiro atoms. The Balaban J connectivity index is 0.994. The van der Waals surface area contributed by atoms with Crippen LogP contribution < -0.4 is 0 Å². The summed E-state index contributed by atoms with van der Waals surface area (Å²) >= 11 is 6.10. The first-order valence-corrected chi connectivity index (χ1v) is 18.5. The SMILES string of the molecule is O=C1c2ccccc2C(=O)N1Cc1ccccc1-c1ccc(C2OC(CN3CCC(O)(c4ccc(Cl)cc4)CC3)CC(c3ccc(CO)cc3)O2)cc1. The summed E-state index contributed by atoms with van der Waals surface area (Å²) in [6, 6.07) is 38.2. The Morgan fingerprint density at radius 1 is 0.717 bits per heavy atom. The molecule has 0 bridgehead atoms. The van der Waals surface area contributed by atoms with Gasteiger partial charge in [-0.1, -0.05) is 109 Å². The van der Waals surface area contributed by atoms with Gasteiger partial charge in [0, 0.05) is 36.6 Å². The molecule has 0 radical (unpaired) electrons. The quantitative estimate of drug-likeness (QED) is 0.149. The largest absolute Gasteiger partial charge is 0.392 e. The smallest absolute Gasteiger partial charge is 0.261 e. The minimum atomic E-state index is -0.887. The van der Waals surface area contributed by atoms with Crippen LogP contribution in [0.3, 0.4) is 0 Å². The maximum atomic E-state index is 13.1. The number of benzene rings is 5. The molecule has 0 saturated carbocycles. The van der Waals surface area contributed by atoms with E-state index >= 15 is 0 Å². The van der Waals surface area contributed by atoms with Crippen LogP contribution in [0.25, 0.3) is 11.1 Å². The molecule has 3 atom stereocenters. The number of rotatable bonds is 9. The Hall–Kier alpha value is -4.67. The molecular formula is C44H41ClN2O6. The molecule has 3 aliphatic rings. The minimum absolute atomic E-state index is 0.0226. The van der Waals surface area contributed by atoms with Crippen molar-refractivity contribution in [1.29, 1.82) is 0 Å². The van der Waals surface area contributed by atoms with Crippen molar-refractivity contribution in [2.24, 2.45) is 0 Å². The van der Waals surface area contributed by atoms with Crippen LogP contribution >= 0.6 is 11.6 Å². The van der Waals surface area contributed by atoms with E-state index in [0.717, 1.165) is 52.0 Å². The topological polar surface area (TPSA) is 99.5 Å². The Morgan fingerprint density at radius 3 is 1.96 bits per heavy atom. The second-order valence-corrected chi connectivity index (χ2v) is 14.6. The number of aliphatic hydroxyl groups is 2. The van der Waals surface area contributed by atoms with Crippen molar-refractivity contribution in [2.75, 3.05) is 19.6 Å². The number of carbonyl (C=O) groups excluding carboxylic acids is 2. The molecule has 0 aromatic heterocycles. The molecule has 3 unspecified atom stereocenters. The summed E-state index contributed by atoms with van der Waals surface area (Å²) in [6.45, 7) is 2.31. The highest BCUT2D eigenvalue weighted by molar-refractivity contribution is 6.30. The van der Waals surface area contributed by atoms with Gasteiger partial charge in [-0.15, -0.1) is 0 Å². The number of amides is 2. The lowest BCUT2D eigenvalue weighted by atomic mass is 9.84. The van der Waals surface area contributed by atoms with Crippen molar-refractivity contribution in [2.45, 2.75) is 56.5 Å². The minimum Gasteiger partial charge on any atom is -0.392 e. The zero-order chi connectivity index (χ0) is 36.5. The summed E-state index contributed by atoms with van der Waals surface area (Å²) in [6.07, 6.45) is 0.929. The third-order valence-corrected chi connectivity index (χ3v) is 11.1. The maximum absolute atomic E-state index is 13.1. The number of hydrogen-bond donors (Lipinski definition) is 2. The number of piperidine rings is 1. The average Bonchev–Trinajstić information content (AvgIpc) is 3.44. The summed E-state index contributed by atoms with van der Waals surface area (Å²) < 4.78 is 13.3. The van der Waals surface area contributed by atoms with Gasteiger partial charge in [-0.2, -0.15) is 0 Å². The van der Waals surface area contributed by atoms with E-state index in [1.54, 1.807) is 24.3 Å². The molecular weight excluding hydrogens is 688 g/mol. The average molecular weight is 729 g/mol. The number of carbonyl (C=O) groups is 2. The third-order valence-electron chi connectivity index (χ3n) is 10.9. The van der Waals surface area contributed by atoms with Crippen molar-refractivity contribution in [3.05, 3.63) is 165 Å². The van der Waals surface area contributed by atoms with Crippen LogP contribution in [0.2, 0.25) is 5.02 Å². The van der Waals surface area contributed by atoms with Crippen molar-refractivity contribution in [3.8, 4) is 11.1 Å². The van der Waals surface area contributed by atoms with Gasteiger partial charge in [-0.3, -0.25) is 14.5 Å². The first-order chi connectivity index (χ1) is 25.8. The van der Waals surface area contributed by atoms with Crippen molar-refractivity contribution >= 4 is 23.4 Å². The lowest BCUT2D eigenvalue weighted by Crippen LogP contribution is -2.46. The van der Waals surface area contributed by atoms with Gasteiger partial charge in [0.25, 0.3) is 11.8 Å². The van der Waals surface area contributed by atoms with Gasteiger partial charge in [0.2, 0.25) is 0 Å². The van der Waals surface area contributed by atoms with Crippen LogP contribution in [0, 0.1) is 0 Å². The van der Waals surface area contributed by atoms with Crippen LogP contribution in [0.15, 0.2) is 121 Å². The molecule has 53 heavy (non-hydrogen) atoms. The highest BCUT2D eigenvalue weighted by Crippen LogP contribution is 2.40. The summed E-state index contributed by atoms with van der Waals surface area (Å²) in [7, 11) is 0. The second-order valence-electron chi connectivity index (χ2n) is 14.2. The molecule has 2 fully saturated rings. The summed E-state index contributed by atoms with van der Waals surface area (Å²) in [5.74, 6) is -0.557. The Morgan fingerprint density at radius 2 is 1.32 bits per heavy atom. The van der Waals surface area contributed by atoms with Gasteiger partial charge in [-0.05, 0) is 70.5 Å². The van der Waals surface area contributed by atoms with Crippen molar-refractivity contribution < 1.29 is 29.3 Å². The fourth-order valence-electron chi connectivity index (χ4n) is 7.79. The molecule has 2 saturated heterocycles. The zero-order valence-corrected chi connectivity index (χ0v) is 30.0. The van der Waals surface area contributed by atoms with E-state index in [0.29, 0.717) is 42.0 Å². The maximum Gasteiger partial charge on any atom is 0.261 e. The summed E-state index contributed by atoms with van der Waals surface area (Å²) in [4.78, 5) is 29.9. The van der Waals surface area contributed by atoms with Crippen LogP contribution in [0.4, 0.5) is 0 Å². The van der Waals surface area contributed by atoms with Gasteiger partial charge in [-0.25, -0.2) is 0 Å². The molecule has 5 aromatic rings. The first kappa shape index (κ1) is 35.4. The number of ether oxygens (including phenoxy) is 2. The number of imide groups is 1. The normalized spacial score (nSPS) is 21.5. The van der Waals surface area contributed by atoms with Crippen molar-refractivity contribution in [1.82, 2.24) is 9.80 Å². The molecule has 2 N–H and O–H groups in total. The lowest BCUT2D eigenvalue weighted by Gasteiger charge is -2.42. The van der Waals surface area contributed by atoms with E-state index in [4.69, 9.17) is 21.1 Å². The van der Waals surface area contributed by atoms with Gasteiger partial charge < -0.3 is 24.6 Å². The van der Waals surface area contributed by atoms with Crippen LogP contribution in [0.1, 0.15) is 80.2 Å². The Kier molecular flexibility index (Phi) is 10.0. The molecule has 0 aliphatic carbocycles. The van der Waals surface area contributed by atoms with E-state index < -0.39 is 11.9 Å². The van der Waals surface area contributed by atoms with Gasteiger partial charge >= 0.3 is 0 Å². The number of nitrogens with zero attached hydrogens (tertiary/aromatic N) is 2. The molecule has 9 heteroatoms. The number of fused-ring (bicyclic) bond motifs is 1. The predicted octanol–water partition coefficient (Wildman–Crippen LogP) is 7.82. The molecule has 8 rings (SSSR count). The highest BCUT2D eigenvalue weighted by Gasteiger charge is 2.38. The molecule has 3 heterocycles. The van der Waals surface area contributed by atoms with Gasteiger partial charge in [0.1, 0.15) is 0 Å². The lowest BCUT2D eigenvalue weighted by molar-refractivity contribution is -0.253. The Bertz CT molecular complexity index is 2060. The number of halogens is 1. The van der Waals surface area contributed by atoms with E-state index in [9.17, 15) is 19.8 Å². The third kappa shape index (κ3) is 7.31. The fourth-order valence-corrected chi connectivity index (χ4v) is 7.91. The van der Waals surface area contributed by atoms with Gasteiger partial charge in [0.05, 0.1) is 42.1 Å². The number of likely N-dealkylation sites (tertiary alicyclic amines) is 1. The van der Waals surface area contributed by atoms with Gasteiger partial charge in [0.15, 0.2) is 6.29 Å². The predicted molar refractivity (Wildman–Crippen MR) is 202 cm³/mol. The van der Waals surface area contributed by atoms with Crippen molar-refractivity contribution in [3.63, 3.8) is 0 Å². The van der Waals surface area contributed by atoms with E-state index in [2.05, 4.69) is 4.90 Å². The summed E-state index contributed by atoms with van der Waals surface area (Å²) in [5, 5.41) is 21.7. The molecule has 5 aromatic carbocycles. The standard InChI is InChI=1S/C44H41ClN2O6/c45-35-19-17-34(18-20-35)44(51)21-23-46(24-22-44)27-36-25-40(31-11-9-29(28-48)10-12-31)53-43(52-36)32-15-13-30(14-16-32)37-6-2-1-5-33(37)26-47-41(49)38-7-3-4-8-39(38)42(47)50/h1-20,36,40,43,48,51H,21-28H2. The van der Waals surface area contributed by atoms with Crippen LogP contribution in [-0.2, 0) is 28.2 Å². The van der Waals surface area contributed by atoms with Crippen LogP contribution in [0.5, 0.6) is 0 Å². The molecule has 8 nitrogen and oxygen atoms in total. The van der Waals surface area contributed by atoms with E-state index in [-0.39, 0.29) is 37.2 Å². The molecule has 3 aliphatic heterocycles. The summed E-state index contributed by atoms with van der Waals surface area (Å²) in [5.41, 5.74) is 6.38. The Labute approximate surface area is 314 Å². The molecule has 270 valence electrons. The molecule has 2 amide bonds. The fraction of sp³-hybridized carbons (Fsp3) is 0.273. The number of aliphatic hydroxyl groups excluding tert-OH is 1. The van der Waals surface area contributed by atoms with E-state index in [1.165, 1.54) is 4.90 Å². The highest BCUT2D eigenvalue weighted by atomic mass is 35.5. The zero-order valence-electron chi connectivity index (χ0n) is 29.2.